The van der Waals surface area contributed by atoms with Crippen LogP contribution in [0.5, 0.6) is 5.75 Å². The number of aryl methyl sites for hydroxylation is 1. The van der Waals surface area contributed by atoms with Gasteiger partial charge in [-0.2, -0.15) is 0 Å². The fourth-order valence-corrected chi connectivity index (χ4v) is 6.28. The molecular weight excluding hydrogens is 530 g/mol. The van der Waals surface area contributed by atoms with Crippen LogP contribution < -0.4 is 15.0 Å². The highest BCUT2D eigenvalue weighted by molar-refractivity contribution is 5.92. The summed E-state index contributed by atoms with van der Waals surface area (Å²) >= 11 is 0. The first-order chi connectivity index (χ1) is 20.6. The van der Waals surface area contributed by atoms with Crippen LogP contribution in [0.2, 0.25) is 0 Å². The number of benzene rings is 1. The molecule has 3 aromatic rings. The van der Waals surface area contributed by atoms with E-state index in [1.54, 1.807) is 12.5 Å². The van der Waals surface area contributed by atoms with E-state index in [1.807, 2.05) is 24.4 Å². The van der Waals surface area contributed by atoms with E-state index >= 15 is 0 Å². The van der Waals surface area contributed by atoms with Crippen LogP contribution in [0.4, 0.5) is 17.3 Å². The molecule has 2 aromatic heterocycles. The van der Waals surface area contributed by atoms with Crippen molar-refractivity contribution < 1.29 is 14.3 Å². The maximum atomic E-state index is 12.8. The van der Waals surface area contributed by atoms with Crippen molar-refractivity contribution in [3.05, 3.63) is 54.6 Å². The number of piperidine rings is 1. The van der Waals surface area contributed by atoms with E-state index in [2.05, 4.69) is 48.0 Å². The number of nitrogens with zero attached hydrogens (tertiary/aromatic N) is 6. The zero-order valence-electron chi connectivity index (χ0n) is 24.2. The van der Waals surface area contributed by atoms with E-state index in [1.165, 1.54) is 18.9 Å². The molecule has 1 aliphatic carbocycles. The van der Waals surface area contributed by atoms with Gasteiger partial charge in [0.05, 0.1) is 11.7 Å². The van der Waals surface area contributed by atoms with Gasteiger partial charge in [0.15, 0.2) is 0 Å². The normalized spacial score (nSPS) is 18.6. The summed E-state index contributed by atoms with van der Waals surface area (Å²) in [5.74, 6) is 3.08. The minimum absolute atomic E-state index is 0.120. The predicted octanol–water partition coefficient (Wildman–Crippen LogP) is 4.47. The topological polar surface area (TPSA) is 104 Å². The molecule has 0 unspecified atom stereocenters. The van der Waals surface area contributed by atoms with Crippen molar-refractivity contribution in [2.45, 2.75) is 51.6 Å². The summed E-state index contributed by atoms with van der Waals surface area (Å²) < 4.78 is 6.40. The smallest absolute Gasteiger partial charge is 0.225 e. The number of allylic oxidation sites excluding steroid dienone is 1. The monoisotopic (exact) mass is 569 g/mol. The van der Waals surface area contributed by atoms with E-state index in [0.29, 0.717) is 5.91 Å². The Kier molecular flexibility index (Phi) is 8.48. The lowest BCUT2D eigenvalue weighted by Crippen LogP contribution is -2.44. The largest absolute Gasteiger partial charge is 0.490 e. The third-order valence-corrected chi connectivity index (χ3v) is 8.71. The molecule has 1 saturated carbocycles. The van der Waals surface area contributed by atoms with Gasteiger partial charge >= 0.3 is 0 Å². The van der Waals surface area contributed by atoms with Crippen molar-refractivity contribution in [1.29, 1.82) is 0 Å². The maximum Gasteiger partial charge on any atom is 0.225 e. The quantitative estimate of drug-likeness (QED) is 0.311. The van der Waals surface area contributed by atoms with Crippen LogP contribution in [0.3, 0.4) is 0 Å². The summed E-state index contributed by atoms with van der Waals surface area (Å²) in [6.07, 6.45) is 13.9. The number of anilines is 3. The Balaban J connectivity index is 1.09. The van der Waals surface area contributed by atoms with Crippen LogP contribution in [0.25, 0.3) is 10.9 Å². The van der Waals surface area contributed by atoms with Crippen LogP contribution >= 0.6 is 0 Å². The summed E-state index contributed by atoms with van der Waals surface area (Å²) in [4.78, 5) is 43.5. The molecule has 2 saturated heterocycles. The van der Waals surface area contributed by atoms with Gasteiger partial charge in [-0.15, -0.1) is 0 Å². The summed E-state index contributed by atoms with van der Waals surface area (Å²) in [5.41, 5.74) is 2.75. The second kappa shape index (κ2) is 12.8. The van der Waals surface area contributed by atoms with Gasteiger partial charge in [-0.1, -0.05) is 12.8 Å². The lowest BCUT2D eigenvalue weighted by Gasteiger charge is -2.34. The predicted molar refractivity (Wildman–Crippen MR) is 163 cm³/mol. The second-order valence-electron chi connectivity index (χ2n) is 11.5. The molecule has 1 aromatic carbocycles. The molecule has 42 heavy (non-hydrogen) atoms. The molecular formula is C32H39N7O3. The van der Waals surface area contributed by atoms with Gasteiger partial charge in [0, 0.05) is 75.3 Å². The molecule has 3 fully saturated rings. The number of pyridine rings is 1. The number of aromatic nitrogens is 3. The lowest BCUT2D eigenvalue weighted by molar-refractivity contribution is -0.137. The molecule has 220 valence electrons. The zero-order chi connectivity index (χ0) is 28.9. The third kappa shape index (κ3) is 6.32. The average Bonchev–Trinajstić information content (AvgIpc) is 3.57. The summed E-state index contributed by atoms with van der Waals surface area (Å²) in [7, 11) is 0. The Morgan fingerprint density at radius 1 is 0.976 bits per heavy atom. The van der Waals surface area contributed by atoms with Gasteiger partial charge in [-0.05, 0) is 55.7 Å². The van der Waals surface area contributed by atoms with Gasteiger partial charge < -0.3 is 24.8 Å². The summed E-state index contributed by atoms with van der Waals surface area (Å²) in [5, 5.41) is 4.38. The third-order valence-electron chi connectivity index (χ3n) is 8.71. The number of likely N-dealkylation sites (tertiary alicyclic amines) is 1. The molecule has 0 spiro atoms. The first-order valence-corrected chi connectivity index (χ1v) is 15.1. The van der Waals surface area contributed by atoms with Crippen molar-refractivity contribution >= 4 is 40.4 Å². The highest BCUT2D eigenvalue weighted by Gasteiger charge is 2.30. The lowest BCUT2D eigenvalue weighted by atomic mass is 10.0. The molecule has 0 bridgehead atoms. The van der Waals surface area contributed by atoms with E-state index in [9.17, 15) is 9.59 Å². The van der Waals surface area contributed by atoms with Crippen molar-refractivity contribution in [3.8, 4) is 5.75 Å². The molecule has 1 N–H and O–H groups in total. The van der Waals surface area contributed by atoms with E-state index < -0.39 is 0 Å². The van der Waals surface area contributed by atoms with Crippen LogP contribution in [0.1, 0.15) is 44.1 Å². The van der Waals surface area contributed by atoms with Crippen molar-refractivity contribution in [2.24, 2.45) is 5.92 Å². The number of rotatable bonds is 8. The highest BCUT2D eigenvalue weighted by Crippen LogP contribution is 2.31. The van der Waals surface area contributed by atoms with E-state index in [0.717, 1.165) is 111 Å². The Hall–Kier alpha value is -4.21. The van der Waals surface area contributed by atoms with Gasteiger partial charge in [0.25, 0.3) is 0 Å². The molecule has 0 atom stereocenters. The molecule has 2 aliphatic heterocycles. The number of amides is 1. The number of nitrogens with one attached hydrogen (secondary N) is 1. The molecule has 10 heteroatoms. The number of hydrogen-bond donors (Lipinski definition) is 1. The van der Waals surface area contributed by atoms with Gasteiger partial charge in [-0.25, -0.2) is 15.0 Å². The molecule has 10 nitrogen and oxygen atoms in total. The van der Waals surface area contributed by atoms with Crippen LogP contribution in [0.15, 0.2) is 49.1 Å². The average molecular weight is 570 g/mol. The molecule has 0 radical (unpaired) electrons. The van der Waals surface area contributed by atoms with E-state index in [-0.39, 0.29) is 12.0 Å². The molecule has 1 amide bonds. The minimum Gasteiger partial charge on any atom is -0.490 e. The summed E-state index contributed by atoms with van der Waals surface area (Å²) in [6.45, 7) is 6.90. The van der Waals surface area contributed by atoms with Crippen molar-refractivity contribution in [1.82, 2.24) is 24.8 Å². The van der Waals surface area contributed by atoms with Gasteiger partial charge in [-0.3, -0.25) is 9.59 Å². The number of hydrogen-bond acceptors (Lipinski definition) is 9. The number of ether oxygens (including phenoxy) is 1. The number of aldehydes is 1. The van der Waals surface area contributed by atoms with Crippen LogP contribution in [-0.2, 0) is 9.59 Å². The fourth-order valence-electron chi connectivity index (χ4n) is 6.28. The second-order valence-corrected chi connectivity index (χ2v) is 11.5. The SMILES string of the molecule is Cc1cc(Nc2ncnc3cnc(N4CCN(C=CC=O)CC4)cc23)ccc1OC1CCN(C(=O)C2CCCC2)CC1. The zero-order valence-corrected chi connectivity index (χ0v) is 24.2. The van der Waals surface area contributed by atoms with Crippen molar-refractivity contribution in [2.75, 3.05) is 49.5 Å². The Bertz CT molecular complexity index is 1440. The first kappa shape index (κ1) is 27.9. The number of carbonyl (C=O) groups excluding carboxylic acids is 2. The Labute approximate surface area is 246 Å². The highest BCUT2D eigenvalue weighted by atomic mass is 16.5. The fraction of sp³-hybridized carbons (Fsp3) is 0.469. The minimum atomic E-state index is 0.120. The standard InChI is InChI=1S/C32H39N7O3/c1-23-19-25(7-8-29(23)42-26-9-12-39(13-10-26)32(41)24-5-2-3-6-24)36-31-27-20-30(33-21-28(27)34-22-35-31)38-16-14-37(15-17-38)11-4-18-40/h4,7-8,11,18-22,24,26H,2-3,5-6,9-10,12-17H2,1H3,(H,34,35,36). The molecule has 3 aliphatic rings. The molecule has 6 rings (SSSR count). The first-order valence-electron chi connectivity index (χ1n) is 15.1. The number of piperazine rings is 1. The van der Waals surface area contributed by atoms with Crippen LogP contribution in [-0.4, -0.2) is 82.3 Å². The number of carbonyl (C=O) groups is 2. The van der Waals surface area contributed by atoms with Crippen LogP contribution in [0, 0.1) is 12.8 Å². The van der Waals surface area contributed by atoms with Gasteiger partial charge in [0.2, 0.25) is 5.91 Å². The maximum absolute atomic E-state index is 12.8. The van der Waals surface area contributed by atoms with Crippen molar-refractivity contribution in [3.63, 3.8) is 0 Å². The number of fused-ring (bicyclic) bond motifs is 1. The molecule has 4 heterocycles. The van der Waals surface area contributed by atoms with E-state index in [4.69, 9.17) is 4.74 Å². The Morgan fingerprint density at radius 2 is 1.76 bits per heavy atom. The Morgan fingerprint density at radius 3 is 2.50 bits per heavy atom. The van der Waals surface area contributed by atoms with Gasteiger partial charge in [0.1, 0.15) is 36.1 Å². The summed E-state index contributed by atoms with van der Waals surface area (Å²) in [6, 6.07) is 8.16.